The third-order valence-corrected chi connectivity index (χ3v) is 7.06. The monoisotopic (exact) mass is 502 g/mol. The number of primary amides is 1. The third-order valence-electron chi connectivity index (χ3n) is 7.06. The van der Waals surface area contributed by atoms with Crippen LogP contribution < -0.4 is 10.6 Å². The molecule has 7 nitrogen and oxygen atoms in total. The van der Waals surface area contributed by atoms with E-state index in [1.165, 1.54) is 5.56 Å². The van der Waals surface area contributed by atoms with Crippen molar-refractivity contribution in [3.63, 3.8) is 0 Å². The maximum atomic E-state index is 13.2. The Hall–Kier alpha value is -3.58. The summed E-state index contributed by atoms with van der Waals surface area (Å²) in [4.78, 5) is 31.8. The van der Waals surface area contributed by atoms with E-state index in [1.54, 1.807) is 18.6 Å². The Kier molecular flexibility index (Phi) is 8.34. The lowest BCUT2D eigenvalue weighted by Crippen LogP contribution is -2.43. The van der Waals surface area contributed by atoms with E-state index in [4.69, 9.17) is 10.2 Å². The van der Waals surface area contributed by atoms with Gasteiger partial charge in [0.05, 0.1) is 12.5 Å². The van der Waals surface area contributed by atoms with Crippen molar-refractivity contribution in [2.75, 3.05) is 18.0 Å². The molecule has 0 unspecified atom stereocenters. The molecule has 7 heteroatoms. The van der Waals surface area contributed by atoms with Gasteiger partial charge in [-0.3, -0.25) is 14.5 Å². The van der Waals surface area contributed by atoms with E-state index in [1.807, 2.05) is 81.1 Å². The molecule has 196 valence electrons. The van der Waals surface area contributed by atoms with Crippen LogP contribution in [0.2, 0.25) is 0 Å². The smallest absolute Gasteiger partial charge is 0.254 e. The number of rotatable bonds is 9. The number of carbonyl (C=O) groups excluding carboxylic acids is 2. The fourth-order valence-corrected chi connectivity index (χ4v) is 5.34. The molecule has 1 aliphatic heterocycles. The Morgan fingerprint density at radius 3 is 2.19 bits per heavy atom. The summed E-state index contributed by atoms with van der Waals surface area (Å²) in [7, 11) is 0. The summed E-state index contributed by atoms with van der Waals surface area (Å²) in [6.07, 6.45) is 5.45. The molecule has 0 radical (unpaired) electrons. The lowest BCUT2D eigenvalue weighted by molar-refractivity contribution is 0.0643. The molecule has 0 saturated carbocycles. The number of furan rings is 1. The minimum absolute atomic E-state index is 0.0337. The zero-order valence-electron chi connectivity index (χ0n) is 22.3. The summed E-state index contributed by atoms with van der Waals surface area (Å²) < 4.78 is 5.23. The molecular weight excluding hydrogens is 464 g/mol. The summed E-state index contributed by atoms with van der Waals surface area (Å²) in [6, 6.07) is 17.8. The highest BCUT2D eigenvalue weighted by atomic mass is 16.3. The molecule has 1 fully saturated rings. The highest BCUT2D eigenvalue weighted by Gasteiger charge is 2.27. The van der Waals surface area contributed by atoms with Gasteiger partial charge in [0.1, 0.15) is 0 Å². The lowest BCUT2D eigenvalue weighted by atomic mass is 9.99. The van der Waals surface area contributed by atoms with Crippen molar-refractivity contribution in [2.45, 2.75) is 65.2 Å². The molecule has 1 aromatic heterocycles. The van der Waals surface area contributed by atoms with E-state index >= 15 is 0 Å². The number of amides is 2. The summed E-state index contributed by atoms with van der Waals surface area (Å²) in [5.41, 5.74) is 9.85. The maximum Gasteiger partial charge on any atom is 0.254 e. The van der Waals surface area contributed by atoms with Crippen LogP contribution in [0.25, 0.3) is 0 Å². The van der Waals surface area contributed by atoms with Crippen LogP contribution in [0.15, 0.2) is 71.5 Å². The van der Waals surface area contributed by atoms with Crippen LogP contribution in [0, 0.1) is 0 Å². The molecule has 37 heavy (non-hydrogen) atoms. The number of likely N-dealkylation sites (tertiary alicyclic amines) is 1. The first-order valence-corrected chi connectivity index (χ1v) is 13.1. The topological polar surface area (TPSA) is 83.0 Å². The van der Waals surface area contributed by atoms with Gasteiger partial charge in [-0.2, -0.15) is 0 Å². The van der Waals surface area contributed by atoms with Crippen LogP contribution in [0.4, 0.5) is 11.4 Å². The maximum absolute atomic E-state index is 13.2. The molecule has 2 aromatic carbocycles. The Labute approximate surface area is 219 Å². The predicted molar refractivity (Wildman–Crippen MR) is 147 cm³/mol. The van der Waals surface area contributed by atoms with Crippen molar-refractivity contribution < 1.29 is 14.0 Å². The molecule has 2 N–H and O–H groups in total. The lowest BCUT2D eigenvalue weighted by Gasteiger charge is -2.40. The quantitative estimate of drug-likeness (QED) is 0.421. The molecular formula is C30H38N4O3. The largest absolute Gasteiger partial charge is 0.472 e. The Morgan fingerprint density at radius 2 is 1.62 bits per heavy atom. The van der Waals surface area contributed by atoms with E-state index in [9.17, 15) is 9.59 Å². The number of carbonyl (C=O) groups is 2. The number of piperidine rings is 1. The van der Waals surface area contributed by atoms with Gasteiger partial charge < -0.3 is 20.0 Å². The molecule has 2 amide bonds. The van der Waals surface area contributed by atoms with Gasteiger partial charge in [0.2, 0.25) is 5.91 Å². The summed E-state index contributed by atoms with van der Waals surface area (Å²) >= 11 is 0. The van der Waals surface area contributed by atoms with Crippen molar-refractivity contribution in [1.29, 1.82) is 0 Å². The van der Waals surface area contributed by atoms with Crippen molar-refractivity contribution in [3.05, 3.63) is 83.8 Å². The number of hydrogen-bond donors (Lipinski definition) is 1. The molecule has 4 rings (SSSR count). The summed E-state index contributed by atoms with van der Waals surface area (Å²) in [5.74, 6) is -0.411. The average molecular weight is 503 g/mol. The summed E-state index contributed by atoms with van der Waals surface area (Å²) in [6.45, 7) is 10.9. The molecule has 3 aromatic rings. The molecule has 0 spiro atoms. The van der Waals surface area contributed by atoms with E-state index < -0.39 is 5.91 Å². The van der Waals surface area contributed by atoms with Crippen LogP contribution in [-0.4, -0.2) is 52.8 Å². The Bertz CT molecular complexity index is 1170. The van der Waals surface area contributed by atoms with Gasteiger partial charge in [0.25, 0.3) is 5.91 Å². The average Bonchev–Trinajstić information content (AvgIpc) is 3.38. The second-order valence-corrected chi connectivity index (χ2v) is 10.4. The van der Waals surface area contributed by atoms with Crippen molar-refractivity contribution in [2.24, 2.45) is 5.73 Å². The van der Waals surface area contributed by atoms with Crippen molar-refractivity contribution in [1.82, 2.24) is 9.80 Å². The molecule has 0 aliphatic carbocycles. The second kappa shape index (κ2) is 11.6. The Balaban J connectivity index is 1.59. The summed E-state index contributed by atoms with van der Waals surface area (Å²) in [5, 5.41) is 0. The van der Waals surface area contributed by atoms with E-state index in [0.29, 0.717) is 11.1 Å². The van der Waals surface area contributed by atoms with Gasteiger partial charge in [-0.1, -0.05) is 6.07 Å². The van der Waals surface area contributed by atoms with Gasteiger partial charge in [0.15, 0.2) is 0 Å². The number of benzene rings is 2. The van der Waals surface area contributed by atoms with Crippen LogP contribution in [0.3, 0.4) is 0 Å². The normalized spacial score (nSPS) is 14.8. The fourth-order valence-electron chi connectivity index (χ4n) is 5.34. The van der Waals surface area contributed by atoms with Crippen LogP contribution >= 0.6 is 0 Å². The fraction of sp³-hybridized carbons (Fsp3) is 0.400. The van der Waals surface area contributed by atoms with Gasteiger partial charge in [-0.25, -0.2) is 0 Å². The molecule has 0 bridgehead atoms. The number of anilines is 2. The number of nitrogens with two attached hydrogens (primary N) is 1. The first-order chi connectivity index (χ1) is 17.7. The number of hydrogen-bond acceptors (Lipinski definition) is 5. The molecule has 1 saturated heterocycles. The van der Waals surface area contributed by atoms with E-state index in [0.717, 1.165) is 43.9 Å². The number of nitrogens with zero attached hydrogens (tertiary/aromatic N) is 3. The van der Waals surface area contributed by atoms with Crippen LogP contribution in [0.5, 0.6) is 0 Å². The third kappa shape index (κ3) is 6.23. The minimum atomic E-state index is -0.444. The van der Waals surface area contributed by atoms with E-state index in [2.05, 4.69) is 9.80 Å². The highest BCUT2D eigenvalue weighted by Crippen LogP contribution is 2.33. The van der Waals surface area contributed by atoms with Crippen LogP contribution in [-0.2, 0) is 6.54 Å². The van der Waals surface area contributed by atoms with Crippen molar-refractivity contribution in [3.8, 4) is 0 Å². The minimum Gasteiger partial charge on any atom is -0.472 e. The van der Waals surface area contributed by atoms with E-state index in [-0.39, 0.29) is 24.0 Å². The first-order valence-electron chi connectivity index (χ1n) is 13.1. The van der Waals surface area contributed by atoms with Crippen molar-refractivity contribution >= 4 is 23.2 Å². The van der Waals surface area contributed by atoms with Crippen LogP contribution in [0.1, 0.15) is 66.8 Å². The zero-order chi connectivity index (χ0) is 26.5. The first kappa shape index (κ1) is 26.5. The zero-order valence-corrected chi connectivity index (χ0v) is 22.3. The molecule has 2 heterocycles. The molecule has 0 atom stereocenters. The van der Waals surface area contributed by atoms with Gasteiger partial charge in [0, 0.05) is 65.8 Å². The predicted octanol–water partition coefficient (Wildman–Crippen LogP) is 5.44. The highest BCUT2D eigenvalue weighted by molar-refractivity contribution is 5.95. The molecule has 1 aliphatic rings. The second-order valence-electron chi connectivity index (χ2n) is 10.4. The van der Waals surface area contributed by atoms with Gasteiger partial charge in [-0.15, -0.1) is 0 Å². The van der Waals surface area contributed by atoms with Gasteiger partial charge >= 0.3 is 0 Å². The van der Waals surface area contributed by atoms with Gasteiger partial charge in [-0.05, 0) is 89.1 Å². The Morgan fingerprint density at radius 1 is 0.946 bits per heavy atom. The standard InChI is InChI=1S/C30H38N4O3/c1-21(2)33(22(3)4)30(36)24-8-10-26(11-9-24)34(28-7-5-6-25(18-28)29(31)35)27-12-15-32(16-13-27)19-23-14-17-37-20-23/h5-11,14,17-18,20-22,27H,12-13,15-16,19H2,1-4H3,(H2,31,35). The SMILES string of the molecule is CC(C)N(C(=O)c1ccc(N(c2cccc(C(N)=O)c2)C2CCN(Cc3ccoc3)CC2)cc1)C(C)C.